The van der Waals surface area contributed by atoms with E-state index in [9.17, 15) is 0 Å². The molecule has 17 heavy (non-hydrogen) atoms. The molecule has 94 valence electrons. The first-order valence-electron chi connectivity index (χ1n) is 6.36. The van der Waals surface area contributed by atoms with Gasteiger partial charge in [0.2, 0.25) is 0 Å². The molecule has 2 rings (SSSR count). The standard InChI is InChI=1S/C13H22N4/c1-11(10-17-8-6-16-7-9-17)13(14)12-2-4-15-5-3-12/h2-5,11,13,16H,6-10,14H2,1H3. The van der Waals surface area contributed by atoms with E-state index in [1.807, 2.05) is 24.5 Å². The molecule has 0 aromatic carbocycles. The van der Waals surface area contributed by atoms with Gasteiger partial charge in [-0.1, -0.05) is 6.92 Å². The van der Waals surface area contributed by atoms with Crippen LogP contribution in [0, 0.1) is 5.92 Å². The summed E-state index contributed by atoms with van der Waals surface area (Å²) in [6.07, 6.45) is 3.62. The Bertz CT molecular complexity index is 321. The summed E-state index contributed by atoms with van der Waals surface area (Å²) in [5, 5.41) is 3.37. The van der Waals surface area contributed by atoms with Crippen LogP contribution in [-0.4, -0.2) is 42.6 Å². The predicted octanol–water partition coefficient (Wildman–Crippen LogP) is 0.623. The molecule has 4 heteroatoms. The van der Waals surface area contributed by atoms with E-state index >= 15 is 0 Å². The van der Waals surface area contributed by atoms with E-state index in [1.54, 1.807) is 0 Å². The average molecular weight is 234 g/mol. The molecular formula is C13H22N4. The van der Waals surface area contributed by atoms with Crippen molar-refractivity contribution < 1.29 is 0 Å². The number of hydrogen-bond donors (Lipinski definition) is 2. The number of piperazine rings is 1. The van der Waals surface area contributed by atoms with E-state index in [0.29, 0.717) is 5.92 Å². The van der Waals surface area contributed by atoms with E-state index in [0.717, 1.165) is 32.7 Å². The van der Waals surface area contributed by atoms with Gasteiger partial charge in [0, 0.05) is 51.2 Å². The molecule has 1 fully saturated rings. The van der Waals surface area contributed by atoms with Crippen molar-refractivity contribution in [2.75, 3.05) is 32.7 Å². The Morgan fingerprint density at radius 1 is 1.35 bits per heavy atom. The highest BCUT2D eigenvalue weighted by Crippen LogP contribution is 2.19. The highest BCUT2D eigenvalue weighted by molar-refractivity contribution is 5.15. The molecule has 3 N–H and O–H groups in total. The minimum Gasteiger partial charge on any atom is -0.324 e. The lowest BCUT2D eigenvalue weighted by molar-refractivity contribution is 0.199. The summed E-state index contributed by atoms with van der Waals surface area (Å²) in [6.45, 7) is 7.76. The lowest BCUT2D eigenvalue weighted by atomic mass is 9.95. The largest absolute Gasteiger partial charge is 0.324 e. The molecule has 4 nitrogen and oxygen atoms in total. The molecule has 0 aliphatic carbocycles. The first kappa shape index (κ1) is 12.5. The molecule has 0 saturated carbocycles. The van der Waals surface area contributed by atoms with E-state index in [2.05, 4.69) is 22.1 Å². The first-order valence-corrected chi connectivity index (χ1v) is 6.36. The summed E-state index contributed by atoms with van der Waals surface area (Å²) in [4.78, 5) is 6.52. The Hall–Kier alpha value is -0.970. The van der Waals surface area contributed by atoms with Gasteiger partial charge in [-0.3, -0.25) is 4.98 Å². The second kappa shape index (κ2) is 6.10. The maximum absolute atomic E-state index is 6.29. The SMILES string of the molecule is CC(CN1CCNCC1)C(N)c1ccncc1. The normalized spacial score (nSPS) is 21.1. The van der Waals surface area contributed by atoms with Crippen LogP contribution < -0.4 is 11.1 Å². The lowest BCUT2D eigenvalue weighted by Gasteiger charge is -2.31. The first-order chi connectivity index (χ1) is 8.27. The van der Waals surface area contributed by atoms with Crippen molar-refractivity contribution in [1.82, 2.24) is 15.2 Å². The quantitative estimate of drug-likeness (QED) is 0.802. The maximum atomic E-state index is 6.29. The van der Waals surface area contributed by atoms with Gasteiger partial charge in [0.05, 0.1) is 0 Å². The van der Waals surface area contributed by atoms with E-state index in [1.165, 1.54) is 5.56 Å². The molecule has 2 heterocycles. The van der Waals surface area contributed by atoms with Crippen LogP contribution in [0.5, 0.6) is 0 Å². The Kier molecular flexibility index (Phi) is 4.48. The van der Waals surface area contributed by atoms with Gasteiger partial charge in [-0.05, 0) is 23.6 Å². The third-order valence-corrected chi connectivity index (χ3v) is 3.46. The molecule has 1 aromatic rings. The molecular weight excluding hydrogens is 212 g/mol. The number of hydrogen-bond acceptors (Lipinski definition) is 4. The Labute approximate surface area is 103 Å². The minimum atomic E-state index is 0.105. The Morgan fingerprint density at radius 3 is 2.65 bits per heavy atom. The third-order valence-electron chi connectivity index (χ3n) is 3.46. The van der Waals surface area contributed by atoms with Crippen molar-refractivity contribution in [3.63, 3.8) is 0 Å². The van der Waals surface area contributed by atoms with Crippen LogP contribution in [0.15, 0.2) is 24.5 Å². The van der Waals surface area contributed by atoms with Crippen molar-refractivity contribution in [3.8, 4) is 0 Å². The molecule has 1 aromatic heterocycles. The molecule has 0 amide bonds. The van der Waals surface area contributed by atoms with E-state index < -0.39 is 0 Å². The summed E-state index contributed by atoms with van der Waals surface area (Å²) in [5.41, 5.74) is 7.47. The fraction of sp³-hybridized carbons (Fsp3) is 0.615. The number of aromatic nitrogens is 1. The molecule has 1 aliphatic rings. The van der Waals surface area contributed by atoms with E-state index in [4.69, 9.17) is 5.73 Å². The van der Waals surface area contributed by atoms with Gasteiger partial charge >= 0.3 is 0 Å². The average Bonchev–Trinajstić information content (AvgIpc) is 2.40. The zero-order chi connectivity index (χ0) is 12.1. The van der Waals surface area contributed by atoms with Crippen molar-refractivity contribution in [1.29, 1.82) is 0 Å². The summed E-state index contributed by atoms with van der Waals surface area (Å²) in [6, 6.07) is 4.13. The smallest absolute Gasteiger partial charge is 0.0334 e. The van der Waals surface area contributed by atoms with Crippen molar-refractivity contribution in [2.45, 2.75) is 13.0 Å². The molecule has 1 saturated heterocycles. The van der Waals surface area contributed by atoms with Crippen LogP contribution in [0.2, 0.25) is 0 Å². The zero-order valence-electron chi connectivity index (χ0n) is 10.5. The fourth-order valence-corrected chi connectivity index (χ4v) is 2.33. The maximum Gasteiger partial charge on any atom is 0.0334 e. The Morgan fingerprint density at radius 2 is 2.00 bits per heavy atom. The topological polar surface area (TPSA) is 54.2 Å². The molecule has 0 spiro atoms. The van der Waals surface area contributed by atoms with Crippen molar-refractivity contribution >= 4 is 0 Å². The molecule has 0 bridgehead atoms. The highest BCUT2D eigenvalue weighted by atomic mass is 15.2. The molecule has 0 radical (unpaired) electrons. The zero-order valence-corrected chi connectivity index (χ0v) is 10.5. The summed E-state index contributed by atoms with van der Waals surface area (Å²) in [7, 11) is 0. The van der Waals surface area contributed by atoms with Crippen molar-refractivity contribution in [3.05, 3.63) is 30.1 Å². The minimum absolute atomic E-state index is 0.105. The van der Waals surface area contributed by atoms with Crippen LogP contribution in [0.3, 0.4) is 0 Å². The van der Waals surface area contributed by atoms with Gasteiger partial charge in [-0.25, -0.2) is 0 Å². The van der Waals surface area contributed by atoms with E-state index in [-0.39, 0.29) is 6.04 Å². The summed E-state index contributed by atoms with van der Waals surface area (Å²) >= 11 is 0. The number of rotatable bonds is 4. The van der Waals surface area contributed by atoms with Crippen LogP contribution in [0.1, 0.15) is 18.5 Å². The van der Waals surface area contributed by atoms with Gasteiger partial charge < -0.3 is 16.0 Å². The highest BCUT2D eigenvalue weighted by Gasteiger charge is 2.19. The monoisotopic (exact) mass is 234 g/mol. The van der Waals surface area contributed by atoms with Gasteiger partial charge in [-0.15, -0.1) is 0 Å². The second-order valence-electron chi connectivity index (χ2n) is 4.83. The fourth-order valence-electron chi connectivity index (χ4n) is 2.33. The second-order valence-corrected chi connectivity index (χ2v) is 4.83. The van der Waals surface area contributed by atoms with Crippen LogP contribution in [0.25, 0.3) is 0 Å². The predicted molar refractivity (Wildman–Crippen MR) is 69.6 cm³/mol. The Balaban J connectivity index is 1.88. The number of nitrogens with two attached hydrogens (primary N) is 1. The summed E-state index contributed by atoms with van der Waals surface area (Å²) < 4.78 is 0. The van der Waals surface area contributed by atoms with Gasteiger partial charge in [0.25, 0.3) is 0 Å². The van der Waals surface area contributed by atoms with Crippen LogP contribution in [-0.2, 0) is 0 Å². The third kappa shape index (κ3) is 3.49. The summed E-state index contributed by atoms with van der Waals surface area (Å²) in [5.74, 6) is 0.468. The molecule has 1 aliphatic heterocycles. The van der Waals surface area contributed by atoms with Gasteiger partial charge in [-0.2, -0.15) is 0 Å². The molecule has 2 atom stereocenters. The van der Waals surface area contributed by atoms with Gasteiger partial charge in [0.1, 0.15) is 0 Å². The lowest BCUT2D eigenvalue weighted by Crippen LogP contribution is -2.46. The molecule has 2 unspecified atom stereocenters. The van der Waals surface area contributed by atoms with Crippen LogP contribution in [0.4, 0.5) is 0 Å². The van der Waals surface area contributed by atoms with Gasteiger partial charge in [0.15, 0.2) is 0 Å². The number of nitrogens with one attached hydrogen (secondary N) is 1. The van der Waals surface area contributed by atoms with Crippen LogP contribution >= 0.6 is 0 Å². The number of pyridine rings is 1. The van der Waals surface area contributed by atoms with Crippen molar-refractivity contribution in [2.24, 2.45) is 11.7 Å². The number of nitrogens with zero attached hydrogens (tertiary/aromatic N) is 2.